The minimum absolute atomic E-state index is 0.140. The summed E-state index contributed by atoms with van der Waals surface area (Å²) in [5.41, 5.74) is 3.00. The van der Waals surface area contributed by atoms with Crippen molar-refractivity contribution in [3.8, 4) is 34.5 Å². The molecule has 0 aliphatic carbocycles. The van der Waals surface area contributed by atoms with Gasteiger partial charge in [-0.25, -0.2) is 4.79 Å². The summed E-state index contributed by atoms with van der Waals surface area (Å²) in [4.78, 5) is 13.5. The number of H-pyrrole nitrogens is 1. The molecule has 0 atom stereocenters. The summed E-state index contributed by atoms with van der Waals surface area (Å²) in [6, 6.07) is 26.5. The number of aliphatic hydroxyl groups excluding tert-OH is 1. The van der Waals surface area contributed by atoms with Gasteiger partial charge in [0.25, 0.3) is 0 Å². The highest BCUT2D eigenvalue weighted by atomic mass is 16.5. The number of carbonyl (C=O) groups is 1. The maximum Gasteiger partial charge on any atom is 0.359 e. The highest BCUT2D eigenvalue weighted by Crippen LogP contribution is 2.46. The van der Waals surface area contributed by atoms with Crippen molar-refractivity contribution in [2.45, 2.75) is 20.1 Å². The van der Waals surface area contributed by atoms with E-state index in [2.05, 4.69) is 20.6 Å². The van der Waals surface area contributed by atoms with Crippen molar-refractivity contribution >= 4 is 5.97 Å². The number of hydrogen-bond donors (Lipinski definition) is 2. The minimum Gasteiger partial charge on any atom is -0.497 e. The van der Waals surface area contributed by atoms with E-state index in [0.717, 1.165) is 18.2 Å². The van der Waals surface area contributed by atoms with Gasteiger partial charge >= 0.3 is 5.97 Å². The van der Waals surface area contributed by atoms with Gasteiger partial charge in [0, 0.05) is 12.8 Å². The second-order valence-electron chi connectivity index (χ2n) is 8.39. The van der Waals surface area contributed by atoms with Gasteiger partial charge in [-0.1, -0.05) is 60.7 Å². The van der Waals surface area contributed by atoms with Gasteiger partial charge in [0.05, 0.1) is 13.7 Å². The molecular weight excluding hydrogens is 526 g/mol. The zero-order valence-electron chi connectivity index (χ0n) is 23.0. The Kier molecular flexibility index (Phi) is 10.1. The number of ether oxygens (including phenoxy) is 4. The maximum absolute atomic E-state index is 13.5. The average Bonchev–Trinajstić information content (AvgIpc) is 3.67. The largest absolute Gasteiger partial charge is 0.497 e. The Morgan fingerprint density at radius 1 is 0.854 bits per heavy atom. The summed E-state index contributed by atoms with van der Waals surface area (Å²) in [5, 5.41) is 21.7. The number of nitrogens with zero attached hydrogens (tertiary/aromatic N) is 4. The lowest BCUT2D eigenvalue weighted by Gasteiger charge is -2.13. The fourth-order valence-electron chi connectivity index (χ4n) is 4.09. The van der Waals surface area contributed by atoms with E-state index < -0.39 is 5.97 Å². The van der Waals surface area contributed by atoms with Crippen LogP contribution in [0.2, 0.25) is 0 Å². The Bertz CT molecular complexity index is 1510. The maximum atomic E-state index is 13.5. The number of carbonyl (C=O) groups excluding carboxylic acids is 1. The predicted octanol–water partition coefficient (Wildman–Crippen LogP) is 4.61. The second-order valence-corrected chi connectivity index (χ2v) is 8.39. The van der Waals surface area contributed by atoms with Gasteiger partial charge in [0.15, 0.2) is 17.2 Å². The number of aromatic nitrogens is 5. The SMILES string of the molecule is CCOC(=O)c1c(OCc2ccccc2)c(OCc2ccccc2)c(-c2nn[nH]n2)n1-c1ccc(OC)cc1.CO. The third-order valence-corrected chi connectivity index (χ3v) is 5.89. The molecule has 11 heteroatoms. The summed E-state index contributed by atoms with van der Waals surface area (Å²) in [5.74, 6) is 0.786. The first-order chi connectivity index (χ1) is 20.2. The van der Waals surface area contributed by atoms with Gasteiger partial charge < -0.3 is 24.1 Å². The Morgan fingerprint density at radius 3 is 1.95 bits per heavy atom. The van der Waals surface area contributed by atoms with Gasteiger partial charge in [-0.3, -0.25) is 4.57 Å². The molecule has 2 N–H and O–H groups in total. The van der Waals surface area contributed by atoms with Crippen LogP contribution in [-0.2, 0) is 18.0 Å². The molecule has 0 saturated heterocycles. The monoisotopic (exact) mass is 557 g/mol. The predicted molar refractivity (Wildman–Crippen MR) is 151 cm³/mol. The minimum atomic E-state index is -0.587. The van der Waals surface area contributed by atoms with E-state index in [-0.39, 0.29) is 42.8 Å². The highest BCUT2D eigenvalue weighted by molar-refractivity contribution is 5.96. The summed E-state index contributed by atoms with van der Waals surface area (Å²) >= 11 is 0. The van der Waals surface area contributed by atoms with Crippen LogP contribution in [0.25, 0.3) is 17.2 Å². The molecule has 0 amide bonds. The molecule has 0 radical (unpaired) electrons. The molecule has 0 aliphatic rings. The van der Waals surface area contributed by atoms with Crippen LogP contribution in [0, 0.1) is 0 Å². The third kappa shape index (κ3) is 6.71. The van der Waals surface area contributed by atoms with Crippen LogP contribution in [0.3, 0.4) is 0 Å². The normalized spacial score (nSPS) is 10.3. The van der Waals surface area contributed by atoms with E-state index in [0.29, 0.717) is 17.1 Å². The van der Waals surface area contributed by atoms with E-state index in [9.17, 15) is 4.79 Å². The lowest BCUT2D eigenvalue weighted by molar-refractivity contribution is 0.0511. The molecule has 0 fully saturated rings. The van der Waals surface area contributed by atoms with Crippen LogP contribution < -0.4 is 14.2 Å². The summed E-state index contributed by atoms with van der Waals surface area (Å²) < 4.78 is 25.2. The molecule has 41 heavy (non-hydrogen) atoms. The molecule has 0 spiro atoms. The fraction of sp³-hybridized carbons (Fsp3) is 0.200. The van der Waals surface area contributed by atoms with Gasteiger partial charge in [-0.05, 0) is 47.5 Å². The number of nitrogens with one attached hydrogen (secondary N) is 1. The molecule has 0 aliphatic heterocycles. The van der Waals surface area contributed by atoms with Crippen LogP contribution in [0.1, 0.15) is 28.5 Å². The Hall–Kier alpha value is -5.16. The molecular formula is C30H31N5O6. The van der Waals surface area contributed by atoms with Crippen molar-refractivity contribution in [2.75, 3.05) is 20.8 Å². The first kappa shape index (κ1) is 28.8. The average molecular weight is 558 g/mol. The lowest BCUT2D eigenvalue weighted by atomic mass is 10.2. The third-order valence-electron chi connectivity index (χ3n) is 5.89. The first-order valence-corrected chi connectivity index (χ1v) is 12.8. The Morgan fingerprint density at radius 2 is 1.44 bits per heavy atom. The quantitative estimate of drug-likeness (QED) is 0.223. The molecule has 11 nitrogen and oxygen atoms in total. The smallest absolute Gasteiger partial charge is 0.359 e. The molecule has 2 aromatic heterocycles. The van der Waals surface area contributed by atoms with Crippen LogP contribution >= 0.6 is 0 Å². The Balaban J connectivity index is 0.00000189. The molecule has 2 heterocycles. The zero-order chi connectivity index (χ0) is 29.0. The number of tetrazole rings is 1. The lowest BCUT2D eigenvalue weighted by Crippen LogP contribution is -2.13. The number of esters is 1. The van der Waals surface area contributed by atoms with Gasteiger partial charge in [0.1, 0.15) is 24.7 Å². The van der Waals surface area contributed by atoms with Crippen molar-refractivity contribution in [3.63, 3.8) is 0 Å². The van der Waals surface area contributed by atoms with Gasteiger partial charge in [-0.15, -0.1) is 10.2 Å². The number of rotatable bonds is 11. The molecule has 0 unspecified atom stereocenters. The zero-order valence-corrected chi connectivity index (χ0v) is 23.0. The summed E-state index contributed by atoms with van der Waals surface area (Å²) in [7, 11) is 2.59. The van der Waals surface area contributed by atoms with Gasteiger partial charge in [0.2, 0.25) is 5.82 Å². The Labute approximate surface area is 237 Å². The van der Waals surface area contributed by atoms with Crippen molar-refractivity contribution in [2.24, 2.45) is 0 Å². The number of benzene rings is 3. The van der Waals surface area contributed by atoms with Crippen molar-refractivity contribution in [1.82, 2.24) is 25.2 Å². The van der Waals surface area contributed by atoms with Crippen LogP contribution in [0.15, 0.2) is 84.9 Å². The fourth-order valence-corrected chi connectivity index (χ4v) is 4.09. The molecule has 0 bridgehead atoms. The van der Waals surface area contributed by atoms with Crippen LogP contribution in [0.4, 0.5) is 0 Å². The van der Waals surface area contributed by atoms with Crippen molar-refractivity contribution in [1.29, 1.82) is 0 Å². The topological polar surface area (TPSA) is 134 Å². The first-order valence-electron chi connectivity index (χ1n) is 12.8. The van der Waals surface area contributed by atoms with E-state index in [4.69, 9.17) is 24.1 Å². The van der Waals surface area contributed by atoms with E-state index in [1.807, 2.05) is 72.8 Å². The molecule has 5 aromatic rings. The molecule has 3 aromatic carbocycles. The summed E-state index contributed by atoms with van der Waals surface area (Å²) in [6.45, 7) is 2.31. The number of hydrogen-bond acceptors (Lipinski definition) is 9. The summed E-state index contributed by atoms with van der Waals surface area (Å²) in [6.07, 6.45) is 0. The van der Waals surface area contributed by atoms with E-state index in [1.165, 1.54) is 0 Å². The second kappa shape index (κ2) is 14.3. The van der Waals surface area contributed by atoms with Gasteiger partial charge in [-0.2, -0.15) is 5.21 Å². The van der Waals surface area contributed by atoms with Crippen LogP contribution in [0.5, 0.6) is 17.2 Å². The molecule has 5 rings (SSSR count). The molecule has 212 valence electrons. The van der Waals surface area contributed by atoms with Crippen molar-refractivity contribution in [3.05, 3.63) is 102 Å². The number of aliphatic hydroxyl groups is 1. The number of aromatic amines is 1. The van der Waals surface area contributed by atoms with Crippen LogP contribution in [-0.4, -0.2) is 57.1 Å². The van der Waals surface area contributed by atoms with E-state index >= 15 is 0 Å². The highest BCUT2D eigenvalue weighted by Gasteiger charge is 2.34. The molecule has 0 saturated carbocycles. The standard InChI is InChI=1S/C29H27N5O5.CH4O/c1-3-37-29(35)25-27(39-19-21-12-8-5-9-13-21)26(38-18-20-10-6-4-7-11-20)24(28-30-32-33-31-28)34(25)22-14-16-23(36-2)17-15-22;1-2/h4-17H,3,18-19H2,1-2H3,(H,30,31,32,33);2H,1H3. The van der Waals surface area contributed by atoms with E-state index in [1.54, 1.807) is 30.7 Å². The number of methoxy groups -OCH3 is 1. The van der Waals surface area contributed by atoms with Crippen molar-refractivity contribution < 1.29 is 28.8 Å².